The van der Waals surface area contributed by atoms with Gasteiger partial charge in [0, 0.05) is 43.5 Å². The van der Waals surface area contributed by atoms with Crippen LogP contribution in [-0.4, -0.2) is 59.4 Å². The average molecular weight is 279 g/mol. The van der Waals surface area contributed by atoms with E-state index in [1.807, 2.05) is 10.9 Å². The fourth-order valence-corrected chi connectivity index (χ4v) is 3.22. The van der Waals surface area contributed by atoms with E-state index in [1.54, 1.807) is 0 Å². The van der Waals surface area contributed by atoms with E-state index < -0.39 is 0 Å². The number of rotatable bonds is 5. The third-order valence-electron chi connectivity index (χ3n) is 4.46. The Balaban J connectivity index is 2.12. The van der Waals surface area contributed by atoms with Crippen molar-refractivity contribution in [2.24, 2.45) is 11.7 Å². The molecule has 2 heterocycles. The number of nitrogens with two attached hydrogens (primary N) is 1. The largest absolute Gasteiger partial charge is 0.329 e. The quantitative estimate of drug-likeness (QED) is 0.884. The fraction of sp³-hybridized carbons (Fsp3) is 0.800. The first-order valence-corrected chi connectivity index (χ1v) is 7.58. The molecule has 1 aromatic rings. The number of hydrogen-bond acceptors (Lipinski definition) is 4. The van der Waals surface area contributed by atoms with Crippen LogP contribution in [0, 0.1) is 5.92 Å². The molecule has 2 rings (SSSR count). The first kappa shape index (κ1) is 15.5. The van der Waals surface area contributed by atoms with Gasteiger partial charge in [0.2, 0.25) is 0 Å². The summed E-state index contributed by atoms with van der Waals surface area (Å²) in [5, 5.41) is 4.45. The molecule has 1 saturated heterocycles. The zero-order valence-electron chi connectivity index (χ0n) is 13.5. The molecular formula is C15H29N5. The van der Waals surface area contributed by atoms with Gasteiger partial charge < -0.3 is 10.6 Å². The first-order valence-electron chi connectivity index (χ1n) is 7.58. The fourth-order valence-electron chi connectivity index (χ4n) is 3.22. The van der Waals surface area contributed by atoms with Gasteiger partial charge >= 0.3 is 0 Å². The van der Waals surface area contributed by atoms with Crippen molar-refractivity contribution in [3.05, 3.63) is 18.0 Å². The number of aromatic nitrogens is 2. The Hall–Kier alpha value is -0.910. The number of likely N-dealkylation sites (tertiary alicyclic amines) is 1. The number of hydrogen-bond donors (Lipinski definition) is 1. The van der Waals surface area contributed by atoms with Crippen molar-refractivity contribution in [2.75, 3.05) is 33.7 Å². The zero-order valence-corrected chi connectivity index (χ0v) is 13.5. The van der Waals surface area contributed by atoms with Gasteiger partial charge in [-0.1, -0.05) is 6.92 Å². The predicted octanol–water partition coefficient (Wildman–Crippen LogP) is 1.35. The zero-order chi connectivity index (χ0) is 14.9. The third kappa shape index (κ3) is 3.05. The standard InChI is InChI=1S/C15H29N5/c1-11(2)20-9-13(7-17-20)14(6-16)19-8-12(3)15(10-19)18(4)5/h7,9,11-12,14-15H,6,8,10,16H2,1-5H3. The van der Waals surface area contributed by atoms with Crippen LogP contribution < -0.4 is 5.73 Å². The summed E-state index contributed by atoms with van der Waals surface area (Å²) in [5.41, 5.74) is 7.29. The summed E-state index contributed by atoms with van der Waals surface area (Å²) in [6.07, 6.45) is 4.13. The van der Waals surface area contributed by atoms with Crippen molar-refractivity contribution in [1.82, 2.24) is 19.6 Å². The molecule has 3 unspecified atom stereocenters. The Bertz CT molecular complexity index is 426. The van der Waals surface area contributed by atoms with E-state index in [0.717, 1.165) is 13.1 Å². The van der Waals surface area contributed by atoms with Crippen molar-refractivity contribution in [2.45, 2.75) is 38.9 Å². The molecule has 2 N–H and O–H groups in total. The van der Waals surface area contributed by atoms with Gasteiger partial charge in [-0.25, -0.2) is 0 Å². The van der Waals surface area contributed by atoms with Crippen molar-refractivity contribution in [3.8, 4) is 0 Å². The Labute approximate surface area is 122 Å². The van der Waals surface area contributed by atoms with Gasteiger partial charge in [-0.3, -0.25) is 9.58 Å². The second-order valence-electron chi connectivity index (χ2n) is 6.56. The Kier molecular flexibility index (Phi) is 4.83. The van der Waals surface area contributed by atoms with Crippen molar-refractivity contribution in [1.29, 1.82) is 0 Å². The first-order chi connectivity index (χ1) is 9.43. The lowest BCUT2D eigenvalue weighted by atomic mass is 10.1. The minimum atomic E-state index is 0.287. The average Bonchev–Trinajstić information content (AvgIpc) is 2.98. The third-order valence-corrected chi connectivity index (χ3v) is 4.46. The SMILES string of the molecule is CC1CN(C(CN)c2cnn(C(C)C)c2)CC1N(C)C. The molecule has 0 aromatic carbocycles. The van der Waals surface area contributed by atoms with Gasteiger partial charge in [0.05, 0.1) is 12.2 Å². The molecular weight excluding hydrogens is 250 g/mol. The van der Waals surface area contributed by atoms with Crippen LogP contribution in [0.2, 0.25) is 0 Å². The Morgan fingerprint density at radius 1 is 1.40 bits per heavy atom. The van der Waals surface area contributed by atoms with Crippen LogP contribution in [-0.2, 0) is 0 Å². The van der Waals surface area contributed by atoms with Crippen LogP contribution >= 0.6 is 0 Å². The van der Waals surface area contributed by atoms with Gasteiger partial charge in [-0.05, 0) is 33.9 Å². The Morgan fingerprint density at radius 3 is 2.55 bits per heavy atom. The lowest BCUT2D eigenvalue weighted by Gasteiger charge is -2.27. The van der Waals surface area contributed by atoms with Gasteiger partial charge in [0.25, 0.3) is 0 Å². The highest BCUT2D eigenvalue weighted by molar-refractivity contribution is 5.13. The molecule has 20 heavy (non-hydrogen) atoms. The van der Waals surface area contributed by atoms with Crippen LogP contribution in [0.25, 0.3) is 0 Å². The summed E-state index contributed by atoms with van der Waals surface area (Å²) in [7, 11) is 4.33. The highest BCUT2D eigenvalue weighted by Crippen LogP contribution is 2.29. The minimum absolute atomic E-state index is 0.287. The van der Waals surface area contributed by atoms with E-state index in [4.69, 9.17) is 5.73 Å². The topological polar surface area (TPSA) is 50.3 Å². The second kappa shape index (κ2) is 6.24. The summed E-state index contributed by atoms with van der Waals surface area (Å²) in [6.45, 7) is 9.47. The van der Waals surface area contributed by atoms with Gasteiger partial charge in [-0.2, -0.15) is 5.10 Å². The van der Waals surface area contributed by atoms with E-state index in [9.17, 15) is 0 Å². The lowest BCUT2D eigenvalue weighted by molar-refractivity contribution is 0.219. The van der Waals surface area contributed by atoms with Gasteiger partial charge in [0.1, 0.15) is 0 Å². The molecule has 114 valence electrons. The second-order valence-corrected chi connectivity index (χ2v) is 6.56. The normalized spacial score (nSPS) is 25.8. The Morgan fingerprint density at radius 2 is 2.10 bits per heavy atom. The summed E-state index contributed by atoms with van der Waals surface area (Å²) >= 11 is 0. The van der Waals surface area contributed by atoms with Gasteiger partial charge in [0.15, 0.2) is 0 Å². The maximum absolute atomic E-state index is 6.04. The van der Waals surface area contributed by atoms with E-state index in [1.165, 1.54) is 5.56 Å². The van der Waals surface area contributed by atoms with E-state index in [-0.39, 0.29) is 6.04 Å². The molecule has 0 aliphatic carbocycles. The maximum atomic E-state index is 6.04. The molecule has 5 heteroatoms. The molecule has 5 nitrogen and oxygen atoms in total. The number of nitrogens with zero attached hydrogens (tertiary/aromatic N) is 4. The van der Waals surface area contributed by atoms with Crippen molar-refractivity contribution >= 4 is 0 Å². The van der Waals surface area contributed by atoms with E-state index in [0.29, 0.717) is 24.5 Å². The van der Waals surface area contributed by atoms with Crippen LogP contribution in [0.3, 0.4) is 0 Å². The van der Waals surface area contributed by atoms with E-state index >= 15 is 0 Å². The molecule has 0 spiro atoms. The highest BCUT2D eigenvalue weighted by atomic mass is 15.3. The molecule has 0 saturated carbocycles. The lowest BCUT2D eigenvalue weighted by Crippen LogP contribution is -2.36. The monoisotopic (exact) mass is 279 g/mol. The molecule has 1 fully saturated rings. The molecule has 0 bridgehead atoms. The molecule has 3 atom stereocenters. The predicted molar refractivity (Wildman–Crippen MR) is 82.6 cm³/mol. The maximum Gasteiger partial charge on any atom is 0.0538 e. The van der Waals surface area contributed by atoms with Crippen LogP contribution in [0.4, 0.5) is 0 Å². The summed E-state index contributed by atoms with van der Waals surface area (Å²) in [5.74, 6) is 0.680. The molecule has 0 radical (unpaired) electrons. The molecule has 1 aliphatic heterocycles. The molecule has 1 aromatic heterocycles. The summed E-state index contributed by atoms with van der Waals surface area (Å²) in [4.78, 5) is 4.84. The van der Waals surface area contributed by atoms with E-state index in [2.05, 4.69) is 56.0 Å². The van der Waals surface area contributed by atoms with Crippen LogP contribution in [0.1, 0.15) is 38.4 Å². The van der Waals surface area contributed by atoms with Gasteiger partial charge in [-0.15, -0.1) is 0 Å². The summed E-state index contributed by atoms with van der Waals surface area (Å²) < 4.78 is 2.01. The summed E-state index contributed by atoms with van der Waals surface area (Å²) in [6, 6.07) is 1.30. The van der Waals surface area contributed by atoms with Crippen LogP contribution in [0.5, 0.6) is 0 Å². The highest BCUT2D eigenvalue weighted by Gasteiger charge is 2.35. The van der Waals surface area contributed by atoms with Crippen molar-refractivity contribution < 1.29 is 0 Å². The molecule has 0 amide bonds. The molecule has 1 aliphatic rings. The van der Waals surface area contributed by atoms with Crippen LogP contribution in [0.15, 0.2) is 12.4 Å². The van der Waals surface area contributed by atoms with Crippen molar-refractivity contribution in [3.63, 3.8) is 0 Å². The number of likely N-dealkylation sites (N-methyl/N-ethyl adjacent to an activating group) is 1. The smallest absolute Gasteiger partial charge is 0.0538 e. The minimum Gasteiger partial charge on any atom is -0.329 e.